The van der Waals surface area contributed by atoms with Crippen LogP contribution in [0.5, 0.6) is 0 Å². The molecule has 1 heterocycles. The highest BCUT2D eigenvalue weighted by Crippen LogP contribution is 2.68. The third-order valence-corrected chi connectivity index (χ3v) is 3.61. The molecule has 1 aliphatic carbocycles. The molecule has 0 aromatic heterocycles. The van der Waals surface area contributed by atoms with Crippen LogP contribution in [-0.2, 0) is 14.3 Å². The van der Waals surface area contributed by atoms with E-state index in [1.807, 2.05) is 30.3 Å². The second kappa shape index (κ2) is 2.84. The zero-order valence-corrected chi connectivity index (χ0v) is 8.42. The quantitative estimate of drug-likeness (QED) is 0.594. The number of carboxylic acids is 1. The van der Waals surface area contributed by atoms with Crippen LogP contribution in [-0.4, -0.2) is 23.7 Å². The molecule has 3 atom stereocenters. The molecule has 4 nitrogen and oxygen atoms in total. The number of ether oxygens (including phenoxy) is 1. The lowest BCUT2D eigenvalue weighted by Gasteiger charge is -2.08. The first-order chi connectivity index (χ1) is 7.69. The Morgan fingerprint density at radius 2 is 2.06 bits per heavy atom. The number of carbonyl (C=O) groups is 2. The minimum absolute atomic E-state index is 0.195. The van der Waals surface area contributed by atoms with Crippen LogP contribution in [0.2, 0.25) is 0 Å². The van der Waals surface area contributed by atoms with Crippen LogP contribution in [0.1, 0.15) is 11.5 Å². The Morgan fingerprint density at radius 1 is 1.38 bits per heavy atom. The van der Waals surface area contributed by atoms with E-state index in [4.69, 9.17) is 4.74 Å². The van der Waals surface area contributed by atoms with Gasteiger partial charge >= 0.3 is 11.9 Å². The van der Waals surface area contributed by atoms with Crippen LogP contribution in [0, 0.1) is 11.3 Å². The summed E-state index contributed by atoms with van der Waals surface area (Å²) in [6.45, 7) is 0.227. The Kier molecular flexibility index (Phi) is 1.67. The van der Waals surface area contributed by atoms with Gasteiger partial charge in [0.15, 0.2) is 5.41 Å². The summed E-state index contributed by atoms with van der Waals surface area (Å²) in [6.07, 6.45) is 0. The standard InChI is InChI=1S/C12H10O4/c13-10(14)12-8(6-16-11(12)15)9(12)7-4-2-1-3-5-7/h1-5,8-9H,6H2,(H,13,14)/t8-,9?,12-/m0/s1. The number of cyclic esters (lactones) is 1. The summed E-state index contributed by atoms with van der Waals surface area (Å²) in [7, 11) is 0. The zero-order chi connectivity index (χ0) is 11.3. The SMILES string of the molecule is O=C(O)[C@]12C(=O)OC[C@H]1C2c1ccccc1. The highest BCUT2D eigenvalue weighted by atomic mass is 16.5. The van der Waals surface area contributed by atoms with E-state index in [-0.39, 0.29) is 18.4 Å². The van der Waals surface area contributed by atoms with Gasteiger partial charge in [-0.25, -0.2) is 0 Å². The largest absolute Gasteiger partial charge is 0.480 e. The summed E-state index contributed by atoms with van der Waals surface area (Å²) in [5.41, 5.74) is -0.395. The van der Waals surface area contributed by atoms with Crippen molar-refractivity contribution in [2.45, 2.75) is 5.92 Å². The molecule has 1 aromatic rings. The molecule has 0 radical (unpaired) electrons. The number of benzene rings is 1. The molecule has 0 amide bonds. The van der Waals surface area contributed by atoms with Gasteiger partial charge in [-0.2, -0.15) is 0 Å². The molecule has 1 saturated heterocycles. The number of carboxylic acid groups (broad SMARTS) is 1. The average Bonchev–Trinajstić information content (AvgIpc) is 2.86. The number of hydrogen-bond acceptors (Lipinski definition) is 3. The van der Waals surface area contributed by atoms with Gasteiger partial charge in [-0.1, -0.05) is 30.3 Å². The summed E-state index contributed by atoms with van der Waals surface area (Å²) in [5.74, 6) is -2.06. The summed E-state index contributed by atoms with van der Waals surface area (Å²) >= 11 is 0. The lowest BCUT2D eigenvalue weighted by molar-refractivity contribution is -0.156. The monoisotopic (exact) mass is 218 g/mol. The van der Waals surface area contributed by atoms with Crippen LogP contribution in [0.4, 0.5) is 0 Å². The van der Waals surface area contributed by atoms with E-state index in [2.05, 4.69) is 0 Å². The number of carbonyl (C=O) groups excluding carboxylic acids is 1. The van der Waals surface area contributed by atoms with Gasteiger partial charge in [-0.05, 0) is 5.56 Å². The van der Waals surface area contributed by atoms with E-state index >= 15 is 0 Å². The highest BCUT2D eigenvalue weighted by Gasteiger charge is 2.79. The predicted octanol–water partition coefficient (Wildman–Crippen LogP) is 1.03. The van der Waals surface area contributed by atoms with E-state index in [1.165, 1.54) is 0 Å². The molecule has 1 unspecified atom stereocenters. The molecule has 2 aliphatic rings. The maximum atomic E-state index is 11.6. The maximum absolute atomic E-state index is 11.6. The van der Waals surface area contributed by atoms with Gasteiger partial charge in [-0.3, -0.25) is 9.59 Å². The summed E-state index contributed by atoms with van der Waals surface area (Å²) in [6, 6.07) is 9.30. The number of hydrogen-bond donors (Lipinski definition) is 1. The second-order valence-electron chi connectivity index (χ2n) is 4.27. The van der Waals surface area contributed by atoms with Crippen molar-refractivity contribution in [3.63, 3.8) is 0 Å². The fraction of sp³-hybridized carbons (Fsp3) is 0.333. The molecular weight excluding hydrogens is 208 g/mol. The van der Waals surface area contributed by atoms with E-state index < -0.39 is 17.4 Å². The van der Waals surface area contributed by atoms with Crippen molar-refractivity contribution in [1.29, 1.82) is 0 Å². The van der Waals surface area contributed by atoms with Crippen LogP contribution in [0.25, 0.3) is 0 Å². The minimum atomic E-state index is -1.30. The van der Waals surface area contributed by atoms with Crippen molar-refractivity contribution in [3.05, 3.63) is 35.9 Å². The van der Waals surface area contributed by atoms with Crippen molar-refractivity contribution in [2.24, 2.45) is 11.3 Å². The van der Waals surface area contributed by atoms with E-state index in [1.54, 1.807) is 0 Å². The van der Waals surface area contributed by atoms with Gasteiger partial charge in [0.1, 0.15) is 0 Å². The maximum Gasteiger partial charge on any atom is 0.324 e. The first kappa shape index (κ1) is 9.39. The molecular formula is C12H10O4. The molecule has 82 valence electrons. The van der Waals surface area contributed by atoms with Crippen molar-refractivity contribution in [3.8, 4) is 0 Å². The Morgan fingerprint density at radius 3 is 2.62 bits per heavy atom. The van der Waals surface area contributed by atoms with Gasteiger partial charge in [0.25, 0.3) is 0 Å². The molecule has 1 N–H and O–H groups in total. The van der Waals surface area contributed by atoms with Gasteiger partial charge in [0.05, 0.1) is 6.61 Å². The zero-order valence-electron chi connectivity index (χ0n) is 8.42. The van der Waals surface area contributed by atoms with Crippen molar-refractivity contribution >= 4 is 11.9 Å². The lowest BCUT2D eigenvalue weighted by atomic mass is 9.99. The molecule has 16 heavy (non-hydrogen) atoms. The van der Waals surface area contributed by atoms with Crippen LogP contribution >= 0.6 is 0 Å². The summed E-state index contributed by atoms with van der Waals surface area (Å²) in [4.78, 5) is 22.8. The Labute approximate surface area is 91.8 Å². The van der Waals surface area contributed by atoms with Crippen molar-refractivity contribution < 1.29 is 19.4 Å². The van der Waals surface area contributed by atoms with Crippen LogP contribution < -0.4 is 0 Å². The minimum Gasteiger partial charge on any atom is -0.480 e. The number of aliphatic carboxylic acids is 1. The van der Waals surface area contributed by atoms with E-state index in [0.29, 0.717) is 0 Å². The van der Waals surface area contributed by atoms with Gasteiger partial charge in [0, 0.05) is 11.8 Å². The number of rotatable bonds is 2. The molecule has 1 aromatic carbocycles. The Hall–Kier alpha value is -1.84. The molecule has 0 bridgehead atoms. The normalized spacial score (nSPS) is 35.4. The molecule has 1 saturated carbocycles. The highest BCUT2D eigenvalue weighted by molar-refractivity contribution is 6.06. The third-order valence-electron chi connectivity index (χ3n) is 3.61. The number of fused-ring (bicyclic) bond motifs is 1. The molecule has 3 rings (SSSR count). The van der Waals surface area contributed by atoms with Crippen molar-refractivity contribution in [1.82, 2.24) is 0 Å². The fourth-order valence-electron chi connectivity index (χ4n) is 2.79. The van der Waals surface area contributed by atoms with E-state index in [0.717, 1.165) is 5.56 Å². The fourth-order valence-corrected chi connectivity index (χ4v) is 2.79. The first-order valence-electron chi connectivity index (χ1n) is 5.14. The topological polar surface area (TPSA) is 63.6 Å². The summed E-state index contributed by atoms with van der Waals surface area (Å²) in [5, 5.41) is 9.22. The van der Waals surface area contributed by atoms with Crippen molar-refractivity contribution in [2.75, 3.05) is 6.61 Å². The molecule has 4 heteroatoms. The van der Waals surface area contributed by atoms with Gasteiger partial charge in [0.2, 0.25) is 0 Å². The Bertz CT molecular complexity index is 467. The third kappa shape index (κ3) is 0.894. The predicted molar refractivity (Wildman–Crippen MR) is 53.7 cm³/mol. The summed E-state index contributed by atoms with van der Waals surface area (Å²) < 4.78 is 4.81. The number of esters is 1. The van der Waals surface area contributed by atoms with E-state index in [9.17, 15) is 14.7 Å². The Balaban J connectivity index is 2.03. The molecule has 0 spiro atoms. The van der Waals surface area contributed by atoms with Crippen LogP contribution in [0.3, 0.4) is 0 Å². The smallest absolute Gasteiger partial charge is 0.324 e. The molecule has 2 fully saturated rings. The van der Waals surface area contributed by atoms with Crippen LogP contribution in [0.15, 0.2) is 30.3 Å². The average molecular weight is 218 g/mol. The first-order valence-corrected chi connectivity index (χ1v) is 5.14. The van der Waals surface area contributed by atoms with Gasteiger partial charge < -0.3 is 9.84 Å². The van der Waals surface area contributed by atoms with Gasteiger partial charge in [-0.15, -0.1) is 0 Å². The lowest BCUT2D eigenvalue weighted by Crippen LogP contribution is -2.26. The molecule has 1 aliphatic heterocycles. The second-order valence-corrected chi connectivity index (χ2v) is 4.27.